The molecule has 1 N–H and O–H groups in total. The van der Waals surface area contributed by atoms with Crippen molar-refractivity contribution in [1.29, 1.82) is 0 Å². The summed E-state index contributed by atoms with van der Waals surface area (Å²) in [5.74, 6) is -0.343. The molecule has 0 aliphatic carbocycles. The first-order chi connectivity index (χ1) is 11.5. The first-order valence-corrected chi connectivity index (χ1v) is 8.97. The molecule has 4 nitrogen and oxygen atoms in total. The lowest BCUT2D eigenvalue weighted by Gasteiger charge is -2.38. The Bertz CT molecular complexity index is 536. The Morgan fingerprint density at radius 2 is 2.33 bits per heavy atom. The van der Waals surface area contributed by atoms with Crippen molar-refractivity contribution in [2.24, 2.45) is 0 Å². The van der Waals surface area contributed by atoms with Crippen LogP contribution in [0.4, 0.5) is 4.39 Å². The minimum absolute atomic E-state index is 0.00406. The van der Waals surface area contributed by atoms with Gasteiger partial charge in [0, 0.05) is 36.6 Å². The van der Waals surface area contributed by atoms with Crippen molar-refractivity contribution in [2.75, 3.05) is 26.2 Å². The van der Waals surface area contributed by atoms with E-state index in [-0.39, 0.29) is 23.9 Å². The molecule has 134 valence electrons. The molecule has 1 aromatic carbocycles. The number of morpholine rings is 1. The van der Waals surface area contributed by atoms with Crippen LogP contribution in [0.3, 0.4) is 0 Å². The van der Waals surface area contributed by atoms with Gasteiger partial charge >= 0.3 is 0 Å². The molecule has 0 bridgehead atoms. The van der Waals surface area contributed by atoms with Gasteiger partial charge in [-0.1, -0.05) is 31.0 Å². The van der Waals surface area contributed by atoms with E-state index >= 15 is 0 Å². The minimum atomic E-state index is -0.338. The summed E-state index contributed by atoms with van der Waals surface area (Å²) in [6, 6.07) is 4.41. The van der Waals surface area contributed by atoms with E-state index in [1.54, 1.807) is 12.1 Å². The van der Waals surface area contributed by atoms with Crippen LogP contribution in [0.15, 0.2) is 18.2 Å². The van der Waals surface area contributed by atoms with Crippen LogP contribution < -0.4 is 5.32 Å². The van der Waals surface area contributed by atoms with Crippen LogP contribution in [0.1, 0.15) is 44.7 Å². The molecule has 1 aliphatic heterocycles. The van der Waals surface area contributed by atoms with Crippen molar-refractivity contribution in [1.82, 2.24) is 10.2 Å². The predicted octanol–water partition coefficient (Wildman–Crippen LogP) is 3.55. The Morgan fingerprint density at radius 1 is 1.54 bits per heavy atom. The number of nitrogens with one attached hydrogen (secondary N) is 1. The lowest BCUT2D eigenvalue weighted by Crippen LogP contribution is -2.46. The number of rotatable bonds is 7. The minimum Gasteiger partial charge on any atom is -0.376 e. The molecule has 1 aliphatic rings. The second kappa shape index (κ2) is 9.35. The largest absolute Gasteiger partial charge is 0.376 e. The molecular formula is C18H26ClFN2O2. The molecule has 1 saturated heterocycles. The Morgan fingerprint density at radius 3 is 3.00 bits per heavy atom. The predicted molar refractivity (Wildman–Crippen MR) is 93.7 cm³/mol. The van der Waals surface area contributed by atoms with Crippen molar-refractivity contribution in [3.05, 3.63) is 34.6 Å². The van der Waals surface area contributed by atoms with Gasteiger partial charge < -0.3 is 10.1 Å². The van der Waals surface area contributed by atoms with Crippen LogP contribution in [0.2, 0.25) is 5.02 Å². The molecule has 0 aromatic heterocycles. The Hall–Kier alpha value is -1.17. The fourth-order valence-corrected chi connectivity index (χ4v) is 3.30. The lowest BCUT2D eigenvalue weighted by atomic mass is 10.0. The summed E-state index contributed by atoms with van der Waals surface area (Å²) in [5, 5.41) is 3.33. The number of unbranched alkanes of at least 4 members (excludes halogenated alkanes) is 1. The number of hydrogen-bond acceptors (Lipinski definition) is 3. The highest BCUT2D eigenvalue weighted by Gasteiger charge is 2.29. The lowest BCUT2D eigenvalue weighted by molar-refractivity contribution is -0.121. The third kappa shape index (κ3) is 5.16. The zero-order valence-corrected chi connectivity index (χ0v) is 15.1. The van der Waals surface area contributed by atoms with Gasteiger partial charge in [0.1, 0.15) is 5.82 Å². The highest BCUT2D eigenvalue weighted by atomic mass is 35.5. The van der Waals surface area contributed by atoms with E-state index in [0.29, 0.717) is 43.2 Å². The summed E-state index contributed by atoms with van der Waals surface area (Å²) in [5.41, 5.74) is 0.448. The van der Waals surface area contributed by atoms with E-state index in [0.717, 1.165) is 12.8 Å². The van der Waals surface area contributed by atoms with Crippen LogP contribution in [-0.4, -0.2) is 43.2 Å². The summed E-state index contributed by atoms with van der Waals surface area (Å²) in [7, 11) is 0. The topological polar surface area (TPSA) is 41.6 Å². The number of carbonyl (C=O) groups excluding carboxylic acids is 1. The molecule has 0 unspecified atom stereocenters. The number of benzene rings is 1. The van der Waals surface area contributed by atoms with Gasteiger partial charge in [0.2, 0.25) is 5.91 Å². The van der Waals surface area contributed by atoms with E-state index in [1.807, 2.05) is 13.8 Å². The van der Waals surface area contributed by atoms with E-state index in [2.05, 4.69) is 10.2 Å². The van der Waals surface area contributed by atoms with E-state index in [9.17, 15) is 9.18 Å². The number of halogens is 2. The summed E-state index contributed by atoms with van der Waals surface area (Å²) < 4.78 is 20.0. The fraction of sp³-hybridized carbons (Fsp3) is 0.611. The number of amides is 1. The highest BCUT2D eigenvalue weighted by molar-refractivity contribution is 6.31. The van der Waals surface area contributed by atoms with Gasteiger partial charge in [-0.3, -0.25) is 9.69 Å². The van der Waals surface area contributed by atoms with Crippen molar-refractivity contribution >= 4 is 17.5 Å². The van der Waals surface area contributed by atoms with Gasteiger partial charge in [0.05, 0.1) is 18.8 Å². The summed E-state index contributed by atoms with van der Waals surface area (Å²) in [6.45, 7) is 6.34. The van der Waals surface area contributed by atoms with Crippen LogP contribution >= 0.6 is 11.6 Å². The maximum absolute atomic E-state index is 14.4. The van der Waals surface area contributed by atoms with E-state index in [1.165, 1.54) is 6.07 Å². The van der Waals surface area contributed by atoms with E-state index < -0.39 is 0 Å². The highest BCUT2D eigenvalue weighted by Crippen LogP contribution is 2.31. The van der Waals surface area contributed by atoms with Crippen LogP contribution in [-0.2, 0) is 9.53 Å². The van der Waals surface area contributed by atoms with Gasteiger partial charge in [-0.05, 0) is 25.5 Å². The molecule has 1 aromatic rings. The zero-order valence-electron chi connectivity index (χ0n) is 14.4. The van der Waals surface area contributed by atoms with E-state index in [4.69, 9.17) is 16.3 Å². The van der Waals surface area contributed by atoms with Gasteiger partial charge in [-0.2, -0.15) is 0 Å². The van der Waals surface area contributed by atoms with Gasteiger partial charge in [0.25, 0.3) is 0 Å². The third-order valence-corrected chi connectivity index (χ3v) is 4.63. The SMILES string of the molecule is CCCCC(=O)NC[C@@H](c1c(F)cccc1Cl)N1CCO[C@H](C)C1. The number of hydrogen-bond donors (Lipinski definition) is 1. The molecule has 1 heterocycles. The summed E-state index contributed by atoms with van der Waals surface area (Å²) in [6.07, 6.45) is 2.39. The average molecular weight is 357 g/mol. The summed E-state index contributed by atoms with van der Waals surface area (Å²) >= 11 is 6.27. The maximum Gasteiger partial charge on any atom is 0.220 e. The smallest absolute Gasteiger partial charge is 0.220 e. The van der Waals surface area contributed by atoms with Crippen LogP contribution in [0.5, 0.6) is 0 Å². The van der Waals surface area contributed by atoms with Crippen LogP contribution in [0, 0.1) is 5.82 Å². The Balaban J connectivity index is 2.16. The van der Waals surface area contributed by atoms with Crippen molar-refractivity contribution < 1.29 is 13.9 Å². The molecule has 0 spiro atoms. The first kappa shape index (κ1) is 19.2. The Labute approximate surface area is 148 Å². The fourth-order valence-electron chi connectivity index (χ4n) is 3.01. The molecule has 6 heteroatoms. The molecule has 1 amide bonds. The third-order valence-electron chi connectivity index (χ3n) is 4.30. The first-order valence-electron chi connectivity index (χ1n) is 8.59. The van der Waals surface area contributed by atoms with Crippen molar-refractivity contribution in [3.8, 4) is 0 Å². The van der Waals surface area contributed by atoms with Gasteiger partial charge in [-0.15, -0.1) is 0 Å². The molecular weight excluding hydrogens is 331 g/mol. The van der Waals surface area contributed by atoms with Gasteiger partial charge in [-0.25, -0.2) is 4.39 Å². The zero-order chi connectivity index (χ0) is 17.5. The monoisotopic (exact) mass is 356 g/mol. The van der Waals surface area contributed by atoms with Crippen molar-refractivity contribution in [2.45, 2.75) is 45.3 Å². The van der Waals surface area contributed by atoms with Crippen LogP contribution in [0.25, 0.3) is 0 Å². The average Bonchev–Trinajstić information content (AvgIpc) is 2.55. The van der Waals surface area contributed by atoms with Crippen molar-refractivity contribution in [3.63, 3.8) is 0 Å². The quantitative estimate of drug-likeness (QED) is 0.812. The number of carbonyl (C=O) groups is 1. The molecule has 24 heavy (non-hydrogen) atoms. The Kier molecular flexibility index (Phi) is 7.46. The molecule has 0 radical (unpaired) electrons. The summed E-state index contributed by atoms with van der Waals surface area (Å²) in [4.78, 5) is 14.1. The normalized spacial score (nSPS) is 19.9. The molecule has 2 atom stereocenters. The molecule has 1 fully saturated rings. The van der Waals surface area contributed by atoms with Gasteiger partial charge in [0.15, 0.2) is 0 Å². The second-order valence-electron chi connectivity index (χ2n) is 6.24. The standard InChI is InChI=1S/C18H26ClFN2O2/c1-3-4-8-17(23)21-11-16(22-9-10-24-13(2)12-22)18-14(19)6-5-7-15(18)20/h5-7,13,16H,3-4,8-12H2,1-2H3,(H,21,23)/t13-,16+/m1/s1. The molecule has 2 rings (SSSR count). The number of ether oxygens (including phenoxy) is 1. The maximum atomic E-state index is 14.4. The second-order valence-corrected chi connectivity index (χ2v) is 6.64. The number of nitrogens with zero attached hydrogens (tertiary/aromatic N) is 1. The molecule has 0 saturated carbocycles.